The van der Waals surface area contributed by atoms with Crippen LogP contribution in [0.15, 0.2) is 54.6 Å². The van der Waals surface area contributed by atoms with E-state index in [9.17, 15) is 4.79 Å². The number of carbonyl (C=O) groups is 1. The Kier molecular flexibility index (Phi) is 5.44. The molecule has 0 saturated carbocycles. The second kappa shape index (κ2) is 8.15. The minimum atomic E-state index is 0.0314. The lowest BCUT2D eigenvalue weighted by molar-refractivity contribution is -0.127. The SMILES string of the molecule is C[C@H](NC(=O)[C@H]1CCCN(Cc2nc3ccccc3n2C)C1)c1ccccc1. The number of amides is 1. The van der Waals surface area contributed by atoms with Gasteiger partial charge in [0.05, 0.1) is 29.5 Å². The number of nitrogens with one attached hydrogen (secondary N) is 1. The van der Waals surface area contributed by atoms with Crippen LogP contribution >= 0.6 is 0 Å². The summed E-state index contributed by atoms with van der Waals surface area (Å²) in [6.45, 7) is 4.63. The van der Waals surface area contributed by atoms with Crippen LogP contribution in [0.1, 0.15) is 37.2 Å². The molecule has 0 aliphatic carbocycles. The first-order chi connectivity index (χ1) is 13.6. The number of benzene rings is 2. The molecule has 1 N–H and O–H groups in total. The smallest absolute Gasteiger partial charge is 0.224 e. The van der Waals surface area contributed by atoms with Gasteiger partial charge in [0.2, 0.25) is 5.91 Å². The van der Waals surface area contributed by atoms with Crippen LogP contribution in [0, 0.1) is 5.92 Å². The van der Waals surface area contributed by atoms with E-state index in [4.69, 9.17) is 4.98 Å². The van der Waals surface area contributed by atoms with Gasteiger partial charge in [-0.15, -0.1) is 0 Å². The number of aryl methyl sites for hydroxylation is 1. The predicted molar refractivity (Wildman–Crippen MR) is 112 cm³/mol. The summed E-state index contributed by atoms with van der Waals surface area (Å²) in [7, 11) is 2.07. The molecule has 28 heavy (non-hydrogen) atoms. The molecule has 1 aliphatic heterocycles. The lowest BCUT2D eigenvalue weighted by Crippen LogP contribution is -2.43. The van der Waals surface area contributed by atoms with E-state index in [1.54, 1.807) is 0 Å². The number of rotatable bonds is 5. The number of likely N-dealkylation sites (tertiary alicyclic amines) is 1. The van der Waals surface area contributed by atoms with Gasteiger partial charge in [0.25, 0.3) is 0 Å². The molecule has 2 aromatic carbocycles. The fourth-order valence-corrected chi connectivity index (χ4v) is 4.11. The molecule has 1 saturated heterocycles. The summed E-state index contributed by atoms with van der Waals surface area (Å²) in [6, 6.07) is 18.4. The summed E-state index contributed by atoms with van der Waals surface area (Å²) < 4.78 is 2.16. The summed E-state index contributed by atoms with van der Waals surface area (Å²) >= 11 is 0. The van der Waals surface area contributed by atoms with Crippen LogP contribution in [-0.2, 0) is 18.4 Å². The second-order valence-corrected chi connectivity index (χ2v) is 7.79. The highest BCUT2D eigenvalue weighted by Crippen LogP contribution is 2.22. The molecule has 0 unspecified atom stereocenters. The third-order valence-electron chi connectivity index (χ3n) is 5.78. The standard InChI is InChI=1S/C23H28N4O/c1-17(18-9-4-3-5-10-18)24-23(28)19-11-8-14-27(15-19)16-22-25-20-12-6-7-13-21(20)26(22)2/h3-7,9-10,12-13,17,19H,8,11,14-16H2,1-2H3,(H,24,28)/t17-,19-/m0/s1. The summed E-state index contributed by atoms with van der Waals surface area (Å²) in [5.74, 6) is 1.25. The number of hydrogen-bond acceptors (Lipinski definition) is 3. The minimum Gasteiger partial charge on any atom is -0.349 e. The van der Waals surface area contributed by atoms with Gasteiger partial charge < -0.3 is 9.88 Å². The van der Waals surface area contributed by atoms with E-state index < -0.39 is 0 Å². The van der Waals surface area contributed by atoms with Crippen molar-refractivity contribution in [1.29, 1.82) is 0 Å². The monoisotopic (exact) mass is 376 g/mol. The van der Waals surface area contributed by atoms with Crippen molar-refractivity contribution >= 4 is 16.9 Å². The Morgan fingerprint density at radius 3 is 2.71 bits per heavy atom. The molecule has 1 fully saturated rings. The van der Waals surface area contributed by atoms with Crippen molar-refractivity contribution in [1.82, 2.24) is 19.8 Å². The van der Waals surface area contributed by atoms with Crippen molar-refractivity contribution in [2.75, 3.05) is 13.1 Å². The van der Waals surface area contributed by atoms with Gasteiger partial charge in [-0.25, -0.2) is 4.98 Å². The van der Waals surface area contributed by atoms with E-state index in [2.05, 4.69) is 46.1 Å². The molecular weight excluding hydrogens is 348 g/mol. The van der Waals surface area contributed by atoms with E-state index in [0.29, 0.717) is 0 Å². The zero-order chi connectivity index (χ0) is 19.5. The average molecular weight is 377 g/mol. The predicted octanol–water partition coefficient (Wildman–Crippen LogP) is 3.66. The molecule has 0 radical (unpaired) electrons. The fraction of sp³-hybridized carbons (Fsp3) is 0.391. The van der Waals surface area contributed by atoms with Crippen LogP contribution in [0.25, 0.3) is 11.0 Å². The molecule has 1 aromatic heterocycles. The number of aromatic nitrogens is 2. The lowest BCUT2D eigenvalue weighted by Gasteiger charge is -2.32. The molecule has 1 amide bonds. The van der Waals surface area contributed by atoms with Crippen LogP contribution < -0.4 is 5.32 Å². The first-order valence-electron chi connectivity index (χ1n) is 10.1. The van der Waals surface area contributed by atoms with Crippen LogP contribution in [0.3, 0.4) is 0 Å². The first-order valence-corrected chi connectivity index (χ1v) is 10.1. The summed E-state index contributed by atoms with van der Waals surface area (Å²) in [5.41, 5.74) is 3.33. The van der Waals surface area contributed by atoms with Crippen molar-refractivity contribution < 1.29 is 4.79 Å². The largest absolute Gasteiger partial charge is 0.349 e. The zero-order valence-electron chi connectivity index (χ0n) is 16.6. The van der Waals surface area contributed by atoms with Crippen LogP contribution in [-0.4, -0.2) is 33.4 Å². The molecule has 3 aromatic rings. The normalized spacial score (nSPS) is 18.9. The Morgan fingerprint density at radius 1 is 1.18 bits per heavy atom. The Morgan fingerprint density at radius 2 is 1.93 bits per heavy atom. The minimum absolute atomic E-state index is 0.0314. The van der Waals surface area contributed by atoms with Gasteiger partial charge in [0.1, 0.15) is 5.82 Å². The van der Waals surface area contributed by atoms with Crippen LogP contribution in [0.5, 0.6) is 0 Å². The topological polar surface area (TPSA) is 50.2 Å². The third kappa shape index (κ3) is 3.94. The third-order valence-corrected chi connectivity index (χ3v) is 5.78. The van der Waals surface area contributed by atoms with Gasteiger partial charge >= 0.3 is 0 Å². The molecule has 0 spiro atoms. The molecule has 1 aliphatic rings. The molecule has 5 nitrogen and oxygen atoms in total. The van der Waals surface area contributed by atoms with E-state index in [0.717, 1.165) is 54.9 Å². The average Bonchev–Trinajstić information content (AvgIpc) is 3.04. The maximum absolute atomic E-state index is 12.8. The fourth-order valence-electron chi connectivity index (χ4n) is 4.11. The van der Waals surface area contributed by atoms with E-state index in [-0.39, 0.29) is 17.9 Å². The number of fused-ring (bicyclic) bond motifs is 1. The van der Waals surface area contributed by atoms with Crippen molar-refractivity contribution in [3.05, 3.63) is 66.0 Å². The maximum atomic E-state index is 12.8. The molecule has 146 valence electrons. The zero-order valence-corrected chi connectivity index (χ0v) is 16.6. The second-order valence-electron chi connectivity index (χ2n) is 7.79. The van der Waals surface area contributed by atoms with Crippen molar-refractivity contribution in [3.8, 4) is 0 Å². The molecule has 2 heterocycles. The maximum Gasteiger partial charge on any atom is 0.224 e. The van der Waals surface area contributed by atoms with Gasteiger partial charge in [0, 0.05) is 13.6 Å². The van der Waals surface area contributed by atoms with Gasteiger partial charge in [-0.05, 0) is 44.0 Å². The van der Waals surface area contributed by atoms with Crippen LogP contribution in [0.2, 0.25) is 0 Å². The van der Waals surface area contributed by atoms with E-state index in [1.165, 1.54) is 0 Å². The molecule has 5 heteroatoms. The number of para-hydroxylation sites is 2. The first kappa shape index (κ1) is 18.7. The Hall–Kier alpha value is -2.66. The van der Waals surface area contributed by atoms with Crippen molar-refractivity contribution in [2.24, 2.45) is 13.0 Å². The van der Waals surface area contributed by atoms with E-state index >= 15 is 0 Å². The Balaban J connectivity index is 1.39. The number of hydrogen-bond donors (Lipinski definition) is 1. The number of carbonyl (C=O) groups excluding carboxylic acids is 1. The number of nitrogens with zero attached hydrogens (tertiary/aromatic N) is 3. The number of imidazole rings is 1. The highest BCUT2D eigenvalue weighted by molar-refractivity contribution is 5.79. The van der Waals surface area contributed by atoms with Gasteiger partial charge in [-0.3, -0.25) is 9.69 Å². The molecule has 2 atom stereocenters. The van der Waals surface area contributed by atoms with Crippen LogP contribution in [0.4, 0.5) is 0 Å². The van der Waals surface area contributed by atoms with Crippen molar-refractivity contribution in [2.45, 2.75) is 32.4 Å². The van der Waals surface area contributed by atoms with Crippen molar-refractivity contribution in [3.63, 3.8) is 0 Å². The van der Waals surface area contributed by atoms with Gasteiger partial charge in [-0.2, -0.15) is 0 Å². The molecule has 0 bridgehead atoms. The lowest BCUT2D eigenvalue weighted by atomic mass is 9.96. The quantitative estimate of drug-likeness (QED) is 0.739. The van der Waals surface area contributed by atoms with Gasteiger partial charge in [-0.1, -0.05) is 42.5 Å². The Bertz CT molecular complexity index is 950. The summed E-state index contributed by atoms with van der Waals surface area (Å²) in [6.07, 6.45) is 1.99. The molecule has 4 rings (SSSR count). The highest BCUT2D eigenvalue weighted by atomic mass is 16.2. The summed E-state index contributed by atoms with van der Waals surface area (Å²) in [5, 5.41) is 3.20. The van der Waals surface area contributed by atoms with Gasteiger partial charge in [0.15, 0.2) is 0 Å². The highest BCUT2D eigenvalue weighted by Gasteiger charge is 2.27. The molecular formula is C23H28N4O. The van der Waals surface area contributed by atoms with E-state index in [1.807, 2.05) is 37.3 Å². The number of piperidine rings is 1. The Labute approximate surface area is 166 Å². The summed E-state index contributed by atoms with van der Waals surface area (Å²) in [4.78, 5) is 20.0.